The van der Waals surface area contributed by atoms with E-state index in [1.54, 1.807) is 24.5 Å². The number of rotatable bonds is 6. The van der Waals surface area contributed by atoms with Crippen molar-refractivity contribution in [2.45, 2.75) is 11.8 Å². The number of hydrogen-bond donors (Lipinski definition) is 0. The van der Waals surface area contributed by atoms with Crippen molar-refractivity contribution in [3.8, 4) is 28.5 Å². The Labute approximate surface area is 199 Å². The van der Waals surface area contributed by atoms with Crippen molar-refractivity contribution in [2.75, 3.05) is 50.9 Å². The van der Waals surface area contributed by atoms with Gasteiger partial charge in [0.25, 0.3) is 0 Å². The second-order valence-corrected chi connectivity index (χ2v) is 9.85. The van der Waals surface area contributed by atoms with Crippen LogP contribution in [-0.4, -0.2) is 68.7 Å². The minimum atomic E-state index is -3.63. The molecule has 0 radical (unpaired) electrons. The third-order valence-electron chi connectivity index (χ3n) is 5.83. The van der Waals surface area contributed by atoms with Crippen LogP contribution in [0.25, 0.3) is 11.3 Å². The van der Waals surface area contributed by atoms with Gasteiger partial charge < -0.3 is 19.1 Å². The summed E-state index contributed by atoms with van der Waals surface area (Å²) in [7, 11) is -3.63. The quantitative estimate of drug-likeness (QED) is 0.530. The summed E-state index contributed by atoms with van der Waals surface area (Å²) in [5.74, 6) is 2.63. The Kier molecular flexibility index (Phi) is 6.25. The summed E-state index contributed by atoms with van der Waals surface area (Å²) in [6.07, 6.45) is 1.54. The maximum atomic E-state index is 13.2. The molecule has 10 heteroatoms. The topological polar surface area (TPSA) is 94.1 Å². The van der Waals surface area contributed by atoms with Gasteiger partial charge in [-0.05, 0) is 43.3 Å². The lowest BCUT2D eigenvalue weighted by Crippen LogP contribution is -2.48. The number of ether oxygens (including phenoxy) is 3. The monoisotopic (exact) mass is 482 g/mol. The normalized spacial score (nSPS) is 16.3. The van der Waals surface area contributed by atoms with Crippen LogP contribution in [-0.2, 0) is 10.0 Å². The van der Waals surface area contributed by atoms with Crippen molar-refractivity contribution in [2.24, 2.45) is 0 Å². The van der Waals surface area contributed by atoms with Crippen molar-refractivity contribution in [3.05, 3.63) is 54.9 Å². The van der Waals surface area contributed by atoms with Gasteiger partial charge in [0.1, 0.15) is 31.1 Å². The molecule has 0 N–H and O–H groups in total. The average Bonchev–Trinajstić information content (AvgIpc) is 2.89. The SMILES string of the molecule is CCOc1ccc(-c2cc(N3CCN(S(=O)(=O)c4ccc5c(c4)OCCO5)CC3)ncn2)cc1. The van der Waals surface area contributed by atoms with Gasteiger partial charge in [-0.15, -0.1) is 0 Å². The summed E-state index contributed by atoms with van der Waals surface area (Å²) in [6, 6.07) is 14.5. The van der Waals surface area contributed by atoms with Gasteiger partial charge >= 0.3 is 0 Å². The number of aromatic nitrogens is 2. The van der Waals surface area contributed by atoms with Crippen LogP contribution in [0.5, 0.6) is 17.2 Å². The van der Waals surface area contributed by atoms with Crippen LogP contribution in [0.4, 0.5) is 5.82 Å². The van der Waals surface area contributed by atoms with Gasteiger partial charge in [0.05, 0.1) is 17.2 Å². The molecule has 0 saturated carbocycles. The third kappa shape index (κ3) is 4.51. The summed E-state index contributed by atoms with van der Waals surface area (Å²) in [6.45, 7) is 5.22. The number of nitrogens with zero attached hydrogens (tertiary/aromatic N) is 4. The fourth-order valence-corrected chi connectivity index (χ4v) is 5.50. The summed E-state index contributed by atoms with van der Waals surface area (Å²) in [5, 5.41) is 0. The molecule has 1 fully saturated rings. The molecule has 3 heterocycles. The van der Waals surface area contributed by atoms with Gasteiger partial charge in [0.15, 0.2) is 11.5 Å². The predicted octanol–water partition coefficient (Wildman–Crippen LogP) is 2.82. The van der Waals surface area contributed by atoms with Crippen molar-refractivity contribution >= 4 is 15.8 Å². The maximum Gasteiger partial charge on any atom is 0.243 e. The van der Waals surface area contributed by atoms with Crippen LogP contribution >= 0.6 is 0 Å². The van der Waals surface area contributed by atoms with E-state index in [-0.39, 0.29) is 4.90 Å². The molecule has 2 aliphatic heterocycles. The van der Waals surface area contributed by atoms with Gasteiger partial charge in [-0.3, -0.25) is 0 Å². The van der Waals surface area contributed by atoms with E-state index in [9.17, 15) is 8.42 Å². The number of benzene rings is 2. The maximum absolute atomic E-state index is 13.2. The van der Waals surface area contributed by atoms with Crippen LogP contribution in [0.3, 0.4) is 0 Å². The highest BCUT2D eigenvalue weighted by Crippen LogP contribution is 2.33. The molecule has 178 valence electrons. The first-order chi connectivity index (χ1) is 16.5. The molecule has 0 spiro atoms. The molecule has 2 aromatic carbocycles. The Morgan fingerprint density at radius 1 is 0.912 bits per heavy atom. The molecule has 1 saturated heterocycles. The molecule has 1 aromatic heterocycles. The van der Waals surface area contributed by atoms with E-state index < -0.39 is 10.0 Å². The van der Waals surface area contributed by atoms with Crippen LogP contribution in [0, 0.1) is 0 Å². The minimum Gasteiger partial charge on any atom is -0.494 e. The van der Waals surface area contributed by atoms with E-state index in [2.05, 4.69) is 14.9 Å². The molecule has 3 aromatic rings. The van der Waals surface area contributed by atoms with Crippen LogP contribution in [0.2, 0.25) is 0 Å². The lowest BCUT2D eigenvalue weighted by molar-refractivity contribution is 0.171. The first-order valence-corrected chi connectivity index (χ1v) is 12.7. The van der Waals surface area contributed by atoms with Gasteiger partial charge in [-0.25, -0.2) is 18.4 Å². The summed E-state index contributed by atoms with van der Waals surface area (Å²) in [5.41, 5.74) is 1.77. The average molecular weight is 483 g/mol. The van der Waals surface area contributed by atoms with Crippen LogP contribution in [0.1, 0.15) is 6.92 Å². The zero-order valence-corrected chi connectivity index (χ0v) is 19.7. The lowest BCUT2D eigenvalue weighted by Gasteiger charge is -2.34. The summed E-state index contributed by atoms with van der Waals surface area (Å²) < 4.78 is 44.5. The smallest absolute Gasteiger partial charge is 0.243 e. The van der Waals surface area contributed by atoms with Crippen molar-refractivity contribution < 1.29 is 22.6 Å². The van der Waals surface area contributed by atoms with Crippen LogP contribution in [0.15, 0.2) is 59.8 Å². The molecule has 0 unspecified atom stereocenters. The highest BCUT2D eigenvalue weighted by atomic mass is 32.2. The van der Waals surface area contributed by atoms with E-state index in [4.69, 9.17) is 14.2 Å². The number of piperazine rings is 1. The summed E-state index contributed by atoms with van der Waals surface area (Å²) in [4.78, 5) is 11.1. The van der Waals surface area contributed by atoms with Gasteiger partial charge in [0, 0.05) is 43.9 Å². The molecular formula is C24H26N4O5S. The Hall–Kier alpha value is -3.37. The number of sulfonamides is 1. The zero-order valence-electron chi connectivity index (χ0n) is 18.9. The number of fused-ring (bicyclic) bond motifs is 1. The molecular weight excluding hydrogens is 456 g/mol. The van der Waals surface area contributed by atoms with Crippen LogP contribution < -0.4 is 19.1 Å². The van der Waals surface area contributed by atoms with Gasteiger partial charge in [-0.1, -0.05) is 0 Å². The summed E-state index contributed by atoms with van der Waals surface area (Å²) >= 11 is 0. The molecule has 9 nitrogen and oxygen atoms in total. The minimum absolute atomic E-state index is 0.213. The molecule has 0 bridgehead atoms. The second-order valence-electron chi connectivity index (χ2n) is 7.92. The Balaban J connectivity index is 1.27. The third-order valence-corrected chi connectivity index (χ3v) is 7.72. The first kappa shape index (κ1) is 22.4. The zero-order chi connectivity index (χ0) is 23.5. The Morgan fingerprint density at radius 2 is 1.65 bits per heavy atom. The Bertz CT molecular complexity index is 1260. The van der Waals surface area contributed by atoms with Gasteiger partial charge in [-0.2, -0.15) is 4.31 Å². The largest absolute Gasteiger partial charge is 0.494 e. The highest BCUT2D eigenvalue weighted by Gasteiger charge is 2.30. The second kappa shape index (κ2) is 9.47. The lowest BCUT2D eigenvalue weighted by atomic mass is 10.1. The van der Waals surface area contributed by atoms with Gasteiger partial charge in [0.2, 0.25) is 10.0 Å². The molecule has 0 atom stereocenters. The predicted molar refractivity (Wildman–Crippen MR) is 127 cm³/mol. The standard InChI is InChI=1S/C24H26N4O5S/c1-2-31-19-5-3-18(4-6-19)21-16-24(26-17-25-21)27-9-11-28(12-10-27)34(29,30)20-7-8-22-23(15-20)33-14-13-32-22/h3-8,15-17H,2,9-14H2,1H3. The van der Waals surface area contributed by atoms with E-state index in [0.717, 1.165) is 22.8 Å². The molecule has 34 heavy (non-hydrogen) atoms. The number of anilines is 1. The van der Waals surface area contributed by atoms with Crippen molar-refractivity contribution in [1.29, 1.82) is 0 Å². The van der Waals surface area contributed by atoms with E-state index in [1.165, 1.54) is 4.31 Å². The molecule has 0 amide bonds. The van der Waals surface area contributed by atoms with E-state index in [1.807, 2.05) is 37.3 Å². The highest BCUT2D eigenvalue weighted by molar-refractivity contribution is 7.89. The molecule has 5 rings (SSSR count). The fourth-order valence-electron chi connectivity index (χ4n) is 4.06. The van der Waals surface area contributed by atoms with E-state index >= 15 is 0 Å². The molecule has 2 aliphatic rings. The Morgan fingerprint density at radius 3 is 2.38 bits per heavy atom. The van der Waals surface area contributed by atoms with E-state index in [0.29, 0.717) is 57.5 Å². The van der Waals surface area contributed by atoms with Crippen molar-refractivity contribution in [1.82, 2.24) is 14.3 Å². The molecule has 0 aliphatic carbocycles. The first-order valence-electron chi connectivity index (χ1n) is 11.2. The fraction of sp³-hybridized carbons (Fsp3) is 0.333. The van der Waals surface area contributed by atoms with Crippen molar-refractivity contribution in [3.63, 3.8) is 0 Å². The number of hydrogen-bond acceptors (Lipinski definition) is 8.